The van der Waals surface area contributed by atoms with Crippen molar-refractivity contribution in [2.45, 2.75) is 6.42 Å². The van der Waals surface area contributed by atoms with E-state index < -0.39 is 0 Å². The highest BCUT2D eigenvalue weighted by atomic mass is 15.3. The Morgan fingerprint density at radius 2 is 2.18 bits per heavy atom. The van der Waals surface area contributed by atoms with Crippen LogP contribution in [-0.2, 0) is 6.42 Å². The maximum absolute atomic E-state index is 6.05. The first-order chi connectivity index (χ1) is 10.8. The minimum Gasteiger partial charge on any atom is -0.382 e. The molecule has 7 heteroatoms. The Bertz CT molecular complexity index is 953. The molecule has 0 bridgehead atoms. The van der Waals surface area contributed by atoms with Gasteiger partial charge in [0, 0.05) is 35.3 Å². The number of hydrogen-bond acceptors (Lipinski definition) is 5. The highest BCUT2D eigenvalue weighted by Crippen LogP contribution is 2.30. The van der Waals surface area contributed by atoms with Crippen LogP contribution in [0.15, 0.2) is 36.7 Å². The van der Waals surface area contributed by atoms with E-state index in [1.165, 1.54) is 0 Å². The van der Waals surface area contributed by atoms with Gasteiger partial charge in [0.25, 0.3) is 0 Å². The standard InChI is InChI=1S/C15H15N7/c16-5-4-11-13-10-3-2-9(22-7-1-6-18-22)8-12(10)19-15(17)14(13)21-20-11/h1-3,6-8H,4-5,16H2,(H2,17,19)(H,20,21). The van der Waals surface area contributed by atoms with E-state index >= 15 is 0 Å². The van der Waals surface area contributed by atoms with Crippen LogP contribution >= 0.6 is 0 Å². The number of nitrogens with one attached hydrogen (secondary N) is 1. The lowest BCUT2D eigenvalue weighted by atomic mass is 10.1. The molecule has 5 N–H and O–H groups in total. The van der Waals surface area contributed by atoms with Crippen LogP contribution in [0.2, 0.25) is 0 Å². The van der Waals surface area contributed by atoms with Gasteiger partial charge >= 0.3 is 0 Å². The second-order valence-corrected chi connectivity index (χ2v) is 5.11. The molecule has 0 aliphatic carbocycles. The van der Waals surface area contributed by atoms with Crippen molar-refractivity contribution in [3.8, 4) is 5.69 Å². The zero-order valence-electron chi connectivity index (χ0n) is 11.8. The zero-order valence-corrected chi connectivity index (χ0v) is 11.8. The second-order valence-electron chi connectivity index (χ2n) is 5.11. The molecule has 0 aliphatic rings. The Morgan fingerprint density at radius 3 is 2.95 bits per heavy atom. The Balaban J connectivity index is 2.02. The Morgan fingerprint density at radius 1 is 1.27 bits per heavy atom. The van der Waals surface area contributed by atoms with Crippen molar-refractivity contribution in [3.63, 3.8) is 0 Å². The van der Waals surface area contributed by atoms with E-state index in [1.807, 2.05) is 30.5 Å². The third kappa shape index (κ3) is 1.83. The molecule has 110 valence electrons. The zero-order chi connectivity index (χ0) is 15.1. The van der Waals surface area contributed by atoms with Gasteiger partial charge in [0.2, 0.25) is 0 Å². The van der Waals surface area contributed by atoms with Crippen molar-refractivity contribution in [1.82, 2.24) is 25.0 Å². The number of aromatic amines is 1. The van der Waals surface area contributed by atoms with Crippen LogP contribution in [0.25, 0.3) is 27.5 Å². The number of fused-ring (bicyclic) bond motifs is 3. The summed E-state index contributed by atoms with van der Waals surface area (Å²) < 4.78 is 1.79. The van der Waals surface area contributed by atoms with Gasteiger partial charge in [-0.25, -0.2) is 9.67 Å². The summed E-state index contributed by atoms with van der Waals surface area (Å²) in [6.07, 6.45) is 4.35. The average molecular weight is 293 g/mol. The minimum absolute atomic E-state index is 0.416. The topological polar surface area (TPSA) is 111 Å². The normalized spacial score (nSPS) is 11.5. The molecule has 0 fully saturated rings. The van der Waals surface area contributed by atoms with Gasteiger partial charge in [-0.1, -0.05) is 0 Å². The number of anilines is 1. The van der Waals surface area contributed by atoms with Crippen molar-refractivity contribution in [3.05, 3.63) is 42.4 Å². The van der Waals surface area contributed by atoms with Gasteiger partial charge in [-0.3, -0.25) is 5.10 Å². The molecule has 3 aromatic heterocycles. The van der Waals surface area contributed by atoms with Crippen molar-refractivity contribution in [2.75, 3.05) is 12.3 Å². The van der Waals surface area contributed by atoms with E-state index in [1.54, 1.807) is 10.9 Å². The van der Waals surface area contributed by atoms with Gasteiger partial charge < -0.3 is 11.5 Å². The number of rotatable bonds is 3. The highest BCUT2D eigenvalue weighted by Gasteiger charge is 2.14. The van der Waals surface area contributed by atoms with Crippen molar-refractivity contribution >= 4 is 27.6 Å². The molecule has 3 heterocycles. The first-order valence-corrected chi connectivity index (χ1v) is 7.04. The number of H-pyrrole nitrogens is 1. The van der Waals surface area contributed by atoms with E-state index in [-0.39, 0.29) is 0 Å². The number of nitrogen functional groups attached to an aromatic ring is 1. The molecule has 0 atom stereocenters. The summed E-state index contributed by atoms with van der Waals surface area (Å²) in [5, 5.41) is 13.5. The number of benzene rings is 1. The van der Waals surface area contributed by atoms with Crippen LogP contribution in [0.4, 0.5) is 5.82 Å². The lowest BCUT2D eigenvalue weighted by Gasteiger charge is -2.06. The van der Waals surface area contributed by atoms with E-state index in [0.29, 0.717) is 17.9 Å². The predicted molar refractivity (Wildman–Crippen MR) is 85.7 cm³/mol. The van der Waals surface area contributed by atoms with E-state index in [0.717, 1.165) is 34.1 Å². The van der Waals surface area contributed by atoms with Crippen molar-refractivity contribution in [2.24, 2.45) is 5.73 Å². The summed E-state index contributed by atoms with van der Waals surface area (Å²) in [4.78, 5) is 4.47. The molecule has 0 amide bonds. The molecule has 0 saturated carbocycles. The molecule has 0 unspecified atom stereocenters. The SMILES string of the molecule is NCCc1[nH]nc2c(N)nc3cc(-n4cccn4)ccc3c12. The molecule has 0 aliphatic heterocycles. The molecule has 7 nitrogen and oxygen atoms in total. The Hall–Kier alpha value is -2.93. The van der Waals surface area contributed by atoms with Crippen LogP contribution in [0.3, 0.4) is 0 Å². The molecular weight excluding hydrogens is 278 g/mol. The number of nitrogens with zero attached hydrogens (tertiary/aromatic N) is 4. The molecule has 1 aromatic carbocycles. The summed E-state index contributed by atoms with van der Waals surface area (Å²) in [6, 6.07) is 7.88. The smallest absolute Gasteiger partial charge is 0.152 e. The summed E-state index contributed by atoms with van der Waals surface area (Å²) in [5.74, 6) is 0.416. The molecule has 0 saturated heterocycles. The van der Waals surface area contributed by atoms with Crippen LogP contribution in [0.1, 0.15) is 5.69 Å². The fraction of sp³-hybridized carbons (Fsp3) is 0.133. The Labute approximate surface area is 125 Å². The van der Waals surface area contributed by atoms with Crippen molar-refractivity contribution < 1.29 is 0 Å². The third-order valence-corrected chi connectivity index (χ3v) is 3.74. The molecule has 22 heavy (non-hydrogen) atoms. The quantitative estimate of drug-likeness (QED) is 0.528. The summed E-state index contributed by atoms with van der Waals surface area (Å²) >= 11 is 0. The lowest BCUT2D eigenvalue weighted by Crippen LogP contribution is -2.03. The van der Waals surface area contributed by atoms with E-state index in [4.69, 9.17) is 11.5 Å². The average Bonchev–Trinajstić information content (AvgIpc) is 3.17. The fourth-order valence-corrected chi connectivity index (χ4v) is 2.75. The minimum atomic E-state index is 0.416. The fourth-order valence-electron chi connectivity index (χ4n) is 2.75. The predicted octanol–water partition coefficient (Wildman–Crippen LogP) is 1.38. The summed E-state index contributed by atoms with van der Waals surface area (Å²) in [6.45, 7) is 0.548. The van der Waals surface area contributed by atoms with Crippen molar-refractivity contribution in [1.29, 1.82) is 0 Å². The van der Waals surface area contributed by atoms with Gasteiger partial charge in [0.05, 0.1) is 11.2 Å². The summed E-state index contributed by atoms with van der Waals surface area (Å²) in [5.41, 5.74) is 15.2. The number of aromatic nitrogens is 5. The molecular formula is C15H15N7. The van der Waals surface area contributed by atoms with E-state index in [2.05, 4.69) is 20.3 Å². The third-order valence-electron chi connectivity index (χ3n) is 3.74. The van der Waals surface area contributed by atoms with Crippen LogP contribution in [0.5, 0.6) is 0 Å². The number of nitrogens with two attached hydrogens (primary N) is 2. The Kier molecular flexibility index (Phi) is 2.80. The molecule has 4 aromatic rings. The van der Waals surface area contributed by atoms with Gasteiger partial charge in [0.1, 0.15) is 5.52 Å². The maximum Gasteiger partial charge on any atom is 0.152 e. The monoisotopic (exact) mass is 293 g/mol. The van der Waals surface area contributed by atoms with E-state index in [9.17, 15) is 0 Å². The molecule has 0 spiro atoms. The van der Waals surface area contributed by atoms with Crippen LogP contribution < -0.4 is 11.5 Å². The largest absolute Gasteiger partial charge is 0.382 e. The van der Waals surface area contributed by atoms with Gasteiger partial charge in [0.15, 0.2) is 5.82 Å². The van der Waals surface area contributed by atoms with Gasteiger partial charge in [-0.05, 0) is 30.8 Å². The van der Waals surface area contributed by atoms with Gasteiger partial charge in [-0.15, -0.1) is 0 Å². The van der Waals surface area contributed by atoms with Gasteiger partial charge in [-0.2, -0.15) is 10.2 Å². The maximum atomic E-state index is 6.05. The van der Waals surface area contributed by atoms with Crippen LogP contribution in [0, 0.1) is 0 Å². The lowest BCUT2D eigenvalue weighted by molar-refractivity contribution is 0.882. The first-order valence-electron chi connectivity index (χ1n) is 7.04. The first kappa shape index (κ1) is 12.8. The van der Waals surface area contributed by atoms with Crippen LogP contribution in [-0.4, -0.2) is 31.5 Å². The number of pyridine rings is 1. The summed E-state index contributed by atoms with van der Waals surface area (Å²) in [7, 11) is 0. The molecule has 0 radical (unpaired) electrons. The number of hydrogen-bond donors (Lipinski definition) is 3. The second kappa shape index (κ2) is 4.81. The molecule has 4 rings (SSSR count). The highest BCUT2D eigenvalue weighted by molar-refractivity contribution is 6.09.